The lowest BCUT2D eigenvalue weighted by Crippen LogP contribution is -2.01. The first-order valence-electron chi connectivity index (χ1n) is 8.54. The van der Waals surface area contributed by atoms with Crippen molar-refractivity contribution in [1.29, 1.82) is 0 Å². The monoisotopic (exact) mass is 328 g/mol. The first-order chi connectivity index (χ1) is 12.2. The van der Waals surface area contributed by atoms with Crippen molar-refractivity contribution >= 4 is 28.2 Å². The molecule has 0 aliphatic heterocycles. The number of nitrogens with zero attached hydrogens (tertiary/aromatic N) is 3. The molecule has 1 heterocycles. The van der Waals surface area contributed by atoms with E-state index in [9.17, 15) is 0 Å². The molecule has 0 saturated heterocycles. The average Bonchev–Trinajstić information content (AvgIpc) is 2.62. The van der Waals surface area contributed by atoms with Crippen LogP contribution in [0.4, 0.5) is 11.6 Å². The summed E-state index contributed by atoms with van der Waals surface area (Å²) in [5.41, 5.74) is 7.90. The van der Waals surface area contributed by atoms with Gasteiger partial charge in [-0.05, 0) is 67.7 Å². The normalized spacial score (nSPS) is 14.6. The highest BCUT2D eigenvalue weighted by Gasteiger charge is 2.13. The van der Waals surface area contributed by atoms with Crippen LogP contribution in [0.1, 0.15) is 32.3 Å². The average molecular weight is 328 g/mol. The van der Waals surface area contributed by atoms with Gasteiger partial charge in [0.15, 0.2) is 0 Å². The van der Waals surface area contributed by atoms with Crippen molar-refractivity contribution in [3.05, 3.63) is 71.3 Å². The Bertz CT molecular complexity index is 987. The Labute approximate surface area is 147 Å². The maximum atomic E-state index is 4.58. The van der Waals surface area contributed by atoms with Crippen molar-refractivity contribution < 1.29 is 0 Å². The van der Waals surface area contributed by atoms with Crippen molar-refractivity contribution in [2.75, 3.05) is 5.32 Å². The zero-order chi connectivity index (χ0) is 17.2. The van der Waals surface area contributed by atoms with Gasteiger partial charge in [-0.2, -0.15) is 0 Å². The van der Waals surface area contributed by atoms with Crippen LogP contribution in [0, 0.1) is 0 Å². The van der Waals surface area contributed by atoms with Crippen LogP contribution in [-0.4, -0.2) is 15.2 Å². The topological polar surface area (TPSA) is 50.7 Å². The largest absolute Gasteiger partial charge is 0.323 e. The summed E-state index contributed by atoms with van der Waals surface area (Å²) in [6.07, 6.45) is 4.56. The van der Waals surface area contributed by atoms with Crippen LogP contribution >= 0.6 is 0 Å². The minimum Gasteiger partial charge on any atom is -0.323 e. The van der Waals surface area contributed by atoms with Crippen LogP contribution in [0.25, 0.3) is 16.6 Å². The van der Waals surface area contributed by atoms with Crippen molar-refractivity contribution in [3.63, 3.8) is 0 Å². The summed E-state index contributed by atoms with van der Waals surface area (Å²) in [7, 11) is 0. The minimum atomic E-state index is 0.510. The van der Waals surface area contributed by atoms with E-state index in [1.54, 1.807) is 0 Å². The molecule has 0 spiro atoms. The number of rotatable bonds is 3. The smallest absolute Gasteiger partial charge is 0.247 e. The van der Waals surface area contributed by atoms with Crippen LogP contribution in [0.3, 0.4) is 0 Å². The second-order valence-electron chi connectivity index (χ2n) is 6.41. The van der Waals surface area contributed by atoms with Crippen molar-refractivity contribution in [3.8, 4) is 0 Å². The van der Waals surface area contributed by atoms with Crippen LogP contribution in [0.15, 0.2) is 65.8 Å². The third-order valence-electron chi connectivity index (χ3n) is 4.56. The van der Waals surface area contributed by atoms with E-state index in [-0.39, 0.29) is 0 Å². The molecule has 3 aromatic rings. The molecule has 0 saturated carbocycles. The molecule has 1 aromatic heterocycles. The molecule has 4 heteroatoms. The molecule has 2 aromatic carbocycles. The fourth-order valence-corrected chi connectivity index (χ4v) is 3.34. The van der Waals surface area contributed by atoms with Gasteiger partial charge in [0, 0.05) is 5.69 Å². The van der Waals surface area contributed by atoms with E-state index in [2.05, 4.69) is 52.6 Å². The van der Waals surface area contributed by atoms with Crippen molar-refractivity contribution in [1.82, 2.24) is 15.2 Å². The molecule has 0 unspecified atom stereocenters. The molecular formula is C21H20N4. The van der Waals surface area contributed by atoms with Crippen LogP contribution in [-0.2, 0) is 0 Å². The van der Waals surface area contributed by atoms with Gasteiger partial charge in [0.1, 0.15) is 5.52 Å². The summed E-state index contributed by atoms with van der Waals surface area (Å²) < 4.78 is 0. The number of hydrogen-bond donors (Lipinski definition) is 1. The van der Waals surface area contributed by atoms with Gasteiger partial charge in [-0.1, -0.05) is 35.9 Å². The number of nitrogens with one attached hydrogen (secondary N) is 1. The van der Waals surface area contributed by atoms with E-state index in [1.165, 1.54) is 22.3 Å². The number of benzene rings is 2. The van der Waals surface area contributed by atoms with Crippen molar-refractivity contribution in [2.24, 2.45) is 0 Å². The number of anilines is 2. The molecule has 1 aliphatic carbocycles. The SMILES string of the molecule is CC1=CCCC(C)=C1c1ccc2nc(Nc3ccccc3)nnc2c1. The third-order valence-corrected chi connectivity index (χ3v) is 4.56. The predicted octanol–water partition coefficient (Wildman–Crippen LogP) is 5.28. The Morgan fingerprint density at radius 2 is 1.76 bits per heavy atom. The summed E-state index contributed by atoms with van der Waals surface area (Å²) in [6.45, 7) is 4.39. The third kappa shape index (κ3) is 3.15. The van der Waals surface area contributed by atoms with E-state index in [1.807, 2.05) is 36.4 Å². The molecular weight excluding hydrogens is 308 g/mol. The highest BCUT2D eigenvalue weighted by atomic mass is 15.2. The van der Waals surface area contributed by atoms with Crippen LogP contribution in [0.2, 0.25) is 0 Å². The minimum absolute atomic E-state index is 0.510. The van der Waals surface area contributed by atoms with Crippen LogP contribution < -0.4 is 5.32 Å². The van der Waals surface area contributed by atoms with E-state index < -0.39 is 0 Å². The van der Waals surface area contributed by atoms with Gasteiger partial charge in [0.25, 0.3) is 0 Å². The second kappa shape index (κ2) is 6.48. The summed E-state index contributed by atoms with van der Waals surface area (Å²) in [6, 6.07) is 16.1. The van der Waals surface area contributed by atoms with E-state index >= 15 is 0 Å². The van der Waals surface area contributed by atoms with Gasteiger partial charge in [0.05, 0.1) is 5.52 Å². The van der Waals surface area contributed by atoms with E-state index in [0.29, 0.717) is 5.95 Å². The van der Waals surface area contributed by atoms with Gasteiger partial charge in [-0.15, -0.1) is 10.2 Å². The van der Waals surface area contributed by atoms with Gasteiger partial charge in [0.2, 0.25) is 5.95 Å². The number of fused-ring (bicyclic) bond motifs is 1. The molecule has 0 amide bonds. The molecule has 0 fully saturated rings. The number of hydrogen-bond acceptors (Lipinski definition) is 4. The maximum absolute atomic E-state index is 4.58. The predicted molar refractivity (Wildman–Crippen MR) is 103 cm³/mol. The summed E-state index contributed by atoms with van der Waals surface area (Å²) >= 11 is 0. The summed E-state index contributed by atoms with van der Waals surface area (Å²) in [4.78, 5) is 4.58. The Morgan fingerprint density at radius 1 is 0.920 bits per heavy atom. The zero-order valence-electron chi connectivity index (χ0n) is 14.5. The lowest BCUT2D eigenvalue weighted by molar-refractivity contribution is 0.953. The number of para-hydroxylation sites is 1. The first kappa shape index (κ1) is 15.5. The molecule has 0 radical (unpaired) electrons. The Balaban J connectivity index is 1.69. The Kier molecular flexibility index (Phi) is 4.02. The van der Waals surface area contributed by atoms with E-state index in [0.717, 1.165) is 29.6 Å². The Morgan fingerprint density at radius 3 is 2.56 bits per heavy atom. The molecule has 1 aliphatic rings. The molecule has 0 atom stereocenters. The quantitative estimate of drug-likeness (QED) is 0.710. The molecule has 4 rings (SSSR count). The van der Waals surface area contributed by atoms with E-state index in [4.69, 9.17) is 0 Å². The van der Waals surface area contributed by atoms with Gasteiger partial charge >= 0.3 is 0 Å². The molecule has 1 N–H and O–H groups in total. The summed E-state index contributed by atoms with van der Waals surface area (Å²) in [5, 5.41) is 11.8. The van der Waals surface area contributed by atoms with Gasteiger partial charge in [-0.3, -0.25) is 0 Å². The van der Waals surface area contributed by atoms with Gasteiger partial charge in [-0.25, -0.2) is 4.98 Å². The number of aromatic nitrogens is 3. The zero-order valence-corrected chi connectivity index (χ0v) is 14.5. The highest BCUT2D eigenvalue weighted by Crippen LogP contribution is 2.33. The highest BCUT2D eigenvalue weighted by molar-refractivity contribution is 5.87. The molecule has 0 bridgehead atoms. The van der Waals surface area contributed by atoms with Crippen molar-refractivity contribution in [2.45, 2.75) is 26.7 Å². The first-order valence-corrected chi connectivity index (χ1v) is 8.54. The fourth-order valence-electron chi connectivity index (χ4n) is 3.34. The maximum Gasteiger partial charge on any atom is 0.247 e. The molecule has 4 nitrogen and oxygen atoms in total. The summed E-state index contributed by atoms with van der Waals surface area (Å²) in [5.74, 6) is 0.510. The lowest BCUT2D eigenvalue weighted by Gasteiger charge is -2.18. The van der Waals surface area contributed by atoms with Gasteiger partial charge < -0.3 is 5.32 Å². The molecule has 25 heavy (non-hydrogen) atoms. The Hall–Kier alpha value is -3.01. The standard InChI is InChI=1S/C21H20N4/c1-14-7-6-8-15(2)20(14)16-11-12-18-19(13-16)24-25-21(23-18)22-17-9-4-3-5-10-17/h3-5,7,9-13H,6,8H2,1-2H3,(H,22,23,25). The second-order valence-corrected chi connectivity index (χ2v) is 6.41. The fraction of sp³-hybridized carbons (Fsp3) is 0.190. The number of allylic oxidation sites excluding steroid dienone is 4. The molecule has 124 valence electrons. The lowest BCUT2D eigenvalue weighted by atomic mass is 9.88. The van der Waals surface area contributed by atoms with Crippen LogP contribution in [0.5, 0.6) is 0 Å².